The van der Waals surface area contributed by atoms with Crippen molar-refractivity contribution in [3.8, 4) is 0 Å². The van der Waals surface area contributed by atoms with E-state index in [-0.39, 0.29) is 11.6 Å². The fourth-order valence-electron chi connectivity index (χ4n) is 1.75. The summed E-state index contributed by atoms with van der Waals surface area (Å²) in [4.78, 5) is 15.0. The molecule has 4 nitrogen and oxygen atoms in total. The molecular weight excluding hydrogens is 247 g/mol. The molecule has 5 heteroatoms. The molecule has 0 fully saturated rings. The lowest BCUT2D eigenvalue weighted by atomic mass is 10.1. The maximum Gasteiger partial charge on any atom is 0.337 e. The van der Waals surface area contributed by atoms with Gasteiger partial charge in [0.15, 0.2) is 0 Å². The molecule has 0 bridgehead atoms. The van der Waals surface area contributed by atoms with Crippen LogP contribution in [-0.4, -0.2) is 16.1 Å². The Labute approximate surface area is 109 Å². The van der Waals surface area contributed by atoms with Gasteiger partial charge in [0, 0.05) is 5.69 Å². The number of benzene rings is 1. The minimum atomic E-state index is -0.998. The number of halogens is 1. The van der Waals surface area contributed by atoms with Gasteiger partial charge in [0.1, 0.15) is 5.82 Å². The summed E-state index contributed by atoms with van der Waals surface area (Å²) >= 11 is 0. The van der Waals surface area contributed by atoms with Crippen LogP contribution in [0, 0.1) is 5.82 Å². The maximum absolute atomic E-state index is 12.8. The van der Waals surface area contributed by atoms with Gasteiger partial charge >= 0.3 is 5.97 Å². The highest BCUT2D eigenvalue weighted by Crippen LogP contribution is 2.21. The van der Waals surface area contributed by atoms with Crippen molar-refractivity contribution in [2.24, 2.45) is 0 Å². The van der Waals surface area contributed by atoms with E-state index in [0.29, 0.717) is 11.4 Å². The zero-order chi connectivity index (χ0) is 13.8. The highest BCUT2D eigenvalue weighted by atomic mass is 19.1. The van der Waals surface area contributed by atoms with Crippen LogP contribution >= 0.6 is 0 Å². The van der Waals surface area contributed by atoms with Gasteiger partial charge in [0.25, 0.3) is 0 Å². The number of pyridine rings is 1. The quantitative estimate of drug-likeness (QED) is 0.886. The first kappa shape index (κ1) is 13.0. The van der Waals surface area contributed by atoms with Crippen molar-refractivity contribution in [1.82, 2.24) is 4.98 Å². The summed E-state index contributed by atoms with van der Waals surface area (Å²) in [5.74, 6) is -1.40. The van der Waals surface area contributed by atoms with E-state index in [0.717, 1.165) is 6.20 Å². The van der Waals surface area contributed by atoms with Crippen LogP contribution in [0.25, 0.3) is 0 Å². The number of hydrogen-bond acceptors (Lipinski definition) is 3. The number of rotatable bonds is 4. The smallest absolute Gasteiger partial charge is 0.337 e. The Kier molecular flexibility index (Phi) is 3.75. The molecule has 0 saturated carbocycles. The van der Waals surface area contributed by atoms with Crippen LogP contribution in [0.4, 0.5) is 10.1 Å². The number of aromatic carboxylic acids is 1. The minimum absolute atomic E-state index is 0.191. The molecule has 0 saturated heterocycles. The third-order valence-corrected chi connectivity index (χ3v) is 2.72. The summed E-state index contributed by atoms with van der Waals surface area (Å²) in [7, 11) is 0. The molecule has 19 heavy (non-hydrogen) atoms. The lowest BCUT2D eigenvalue weighted by molar-refractivity contribution is 0.0698. The number of aromatic nitrogens is 1. The first-order valence-electron chi connectivity index (χ1n) is 5.78. The average molecular weight is 260 g/mol. The van der Waals surface area contributed by atoms with Crippen molar-refractivity contribution in [2.45, 2.75) is 13.0 Å². The van der Waals surface area contributed by atoms with E-state index in [1.165, 1.54) is 12.1 Å². The Morgan fingerprint density at radius 2 is 2.05 bits per heavy atom. The SMILES string of the molecule is CC(Nc1ccccc1C(=O)O)c1ccc(F)cn1. The first-order valence-corrected chi connectivity index (χ1v) is 5.78. The Bertz CT molecular complexity index is 584. The fourth-order valence-corrected chi connectivity index (χ4v) is 1.75. The second-order valence-electron chi connectivity index (χ2n) is 4.12. The van der Waals surface area contributed by atoms with E-state index >= 15 is 0 Å². The van der Waals surface area contributed by atoms with Crippen LogP contribution < -0.4 is 5.32 Å². The van der Waals surface area contributed by atoms with E-state index in [9.17, 15) is 9.18 Å². The topological polar surface area (TPSA) is 62.2 Å². The van der Waals surface area contributed by atoms with Gasteiger partial charge in [-0.1, -0.05) is 12.1 Å². The molecule has 2 N–H and O–H groups in total. The van der Waals surface area contributed by atoms with Gasteiger partial charge in [0.2, 0.25) is 0 Å². The number of nitrogens with zero attached hydrogens (tertiary/aromatic N) is 1. The van der Waals surface area contributed by atoms with Crippen molar-refractivity contribution < 1.29 is 14.3 Å². The van der Waals surface area contributed by atoms with E-state index in [2.05, 4.69) is 10.3 Å². The summed E-state index contributed by atoms with van der Waals surface area (Å²) in [6, 6.07) is 9.29. The van der Waals surface area contributed by atoms with Gasteiger partial charge in [-0.25, -0.2) is 9.18 Å². The van der Waals surface area contributed by atoms with Gasteiger partial charge in [0.05, 0.1) is 23.5 Å². The highest BCUT2D eigenvalue weighted by Gasteiger charge is 2.12. The molecule has 0 aliphatic heterocycles. The zero-order valence-corrected chi connectivity index (χ0v) is 10.3. The molecule has 1 aromatic heterocycles. The number of anilines is 1. The zero-order valence-electron chi connectivity index (χ0n) is 10.3. The molecule has 0 aliphatic rings. The van der Waals surface area contributed by atoms with Crippen molar-refractivity contribution >= 4 is 11.7 Å². The molecule has 1 unspecified atom stereocenters. The van der Waals surface area contributed by atoms with Crippen molar-refractivity contribution in [2.75, 3.05) is 5.32 Å². The van der Waals surface area contributed by atoms with Crippen LogP contribution in [0.3, 0.4) is 0 Å². The number of hydrogen-bond donors (Lipinski definition) is 2. The number of carboxylic acids is 1. The molecule has 0 amide bonds. The normalized spacial score (nSPS) is 11.9. The molecular formula is C14H13FN2O2. The standard InChI is InChI=1S/C14H13FN2O2/c1-9(12-7-6-10(15)8-16-12)17-13-5-3-2-4-11(13)14(18)19/h2-9,17H,1H3,(H,18,19). The fraction of sp³-hybridized carbons (Fsp3) is 0.143. The lowest BCUT2D eigenvalue weighted by Crippen LogP contribution is -2.11. The predicted molar refractivity (Wildman–Crippen MR) is 69.6 cm³/mol. The molecule has 2 aromatic rings. The molecule has 0 aliphatic carbocycles. The van der Waals surface area contributed by atoms with Gasteiger partial charge in [-0.15, -0.1) is 0 Å². The van der Waals surface area contributed by atoms with Crippen LogP contribution in [0.2, 0.25) is 0 Å². The predicted octanol–water partition coefficient (Wildman–Crippen LogP) is 3.09. The van der Waals surface area contributed by atoms with Crippen LogP contribution in [-0.2, 0) is 0 Å². The Morgan fingerprint density at radius 1 is 1.32 bits per heavy atom. The van der Waals surface area contributed by atoms with E-state index in [4.69, 9.17) is 5.11 Å². The van der Waals surface area contributed by atoms with Gasteiger partial charge in [-0.2, -0.15) is 0 Å². The lowest BCUT2D eigenvalue weighted by Gasteiger charge is -2.16. The number of carbonyl (C=O) groups is 1. The molecule has 0 spiro atoms. The maximum atomic E-state index is 12.8. The average Bonchev–Trinajstić information content (AvgIpc) is 2.39. The van der Waals surface area contributed by atoms with Crippen LogP contribution in [0.5, 0.6) is 0 Å². The Hall–Kier alpha value is -2.43. The van der Waals surface area contributed by atoms with Gasteiger partial charge < -0.3 is 10.4 Å². The molecule has 1 heterocycles. The first-order chi connectivity index (χ1) is 9.08. The van der Waals surface area contributed by atoms with E-state index in [1.807, 2.05) is 6.92 Å². The second-order valence-corrected chi connectivity index (χ2v) is 4.12. The number of para-hydroxylation sites is 1. The highest BCUT2D eigenvalue weighted by molar-refractivity contribution is 5.94. The largest absolute Gasteiger partial charge is 0.478 e. The summed E-state index contributed by atoms with van der Waals surface area (Å²) in [6.07, 6.45) is 1.14. The molecule has 1 atom stereocenters. The van der Waals surface area contributed by atoms with Crippen LogP contribution in [0.15, 0.2) is 42.6 Å². The number of carboxylic acid groups (broad SMARTS) is 1. The Morgan fingerprint density at radius 3 is 2.68 bits per heavy atom. The van der Waals surface area contributed by atoms with Crippen molar-refractivity contribution in [3.05, 3.63) is 59.7 Å². The van der Waals surface area contributed by atoms with E-state index < -0.39 is 11.8 Å². The van der Waals surface area contributed by atoms with Crippen LogP contribution in [0.1, 0.15) is 29.0 Å². The monoisotopic (exact) mass is 260 g/mol. The van der Waals surface area contributed by atoms with E-state index in [1.54, 1.807) is 24.3 Å². The van der Waals surface area contributed by atoms with Gasteiger partial charge in [-0.3, -0.25) is 4.98 Å². The molecule has 1 aromatic carbocycles. The van der Waals surface area contributed by atoms with Crippen molar-refractivity contribution in [1.29, 1.82) is 0 Å². The Balaban J connectivity index is 2.21. The third kappa shape index (κ3) is 3.07. The molecule has 2 rings (SSSR count). The van der Waals surface area contributed by atoms with Crippen molar-refractivity contribution in [3.63, 3.8) is 0 Å². The summed E-state index contributed by atoms with van der Waals surface area (Å²) in [6.45, 7) is 1.83. The second kappa shape index (κ2) is 5.48. The minimum Gasteiger partial charge on any atom is -0.478 e. The summed E-state index contributed by atoms with van der Waals surface area (Å²) in [5.41, 5.74) is 1.34. The summed E-state index contributed by atoms with van der Waals surface area (Å²) < 4.78 is 12.8. The van der Waals surface area contributed by atoms with Gasteiger partial charge in [-0.05, 0) is 31.2 Å². The molecule has 98 valence electrons. The third-order valence-electron chi connectivity index (χ3n) is 2.72. The summed E-state index contributed by atoms with van der Waals surface area (Å²) in [5, 5.41) is 12.1. The number of nitrogens with one attached hydrogen (secondary N) is 1. The molecule has 0 radical (unpaired) electrons.